The lowest BCUT2D eigenvalue weighted by Crippen LogP contribution is -2.48. The Morgan fingerprint density at radius 1 is 0.929 bits per heavy atom. The number of nitrogens with one attached hydrogen (secondary N) is 4. The normalized spacial score (nSPS) is 12.6. The van der Waals surface area contributed by atoms with Gasteiger partial charge in [-0.25, -0.2) is 0 Å². The molecule has 144 valence electrons. The molecule has 0 bridgehead atoms. The summed E-state index contributed by atoms with van der Waals surface area (Å²) in [5, 5.41) is 5.30. The van der Waals surface area contributed by atoms with E-state index in [0.29, 0.717) is 16.8 Å². The second-order valence-electron chi connectivity index (χ2n) is 6.52. The van der Waals surface area contributed by atoms with E-state index in [2.05, 4.69) is 21.5 Å². The smallest absolute Gasteiger partial charge is 0.269 e. The molecule has 8 heteroatoms. The van der Waals surface area contributed by atoms with Crippen LogP contribution in [0.3, 0.4) is 0 Å². The number of benzene rings is 2. The number of hydrazine groups is 1. The molecular formula is C20H20N4O3S. The standard InChI is InChI=1S/C20H20N4O3S/c1-12-4-2-3-5-16(12)19(27)22-20(28)24-23-18(26)14-8-10-15(11-9-14)21-17(25)13-6-7-13/h2-5,8-11,13H,6-7H2,1H3,(H,21,25)(H,23,26)(H2,22,24,27,28). The first-order valence-corrected chi connectivity index (χ1v) is 9.23. The zero-order chi connectivity index (χ0) is 20.1. The maximum Gasteiger partial charge on any atom is 0.269 e. The number of carbonyl (C=O) groups excluding carboxylic acids is 3. The van der Waals surface area contributed by atoms with Crippen molar-refractivity contribution in [1.82, 2.24) is 16.2 Å². The molecule has 0 spiro atoms. The molecule has 0 saturated heterocycles. The van der Waals surface area contributed by atoms with E-state index < -0.39 is 5.91 Å². The fourth-order valence-electron chi connectivity index (χ4n) is 2.51. The molecule has 1 saturated carbocycles. The molecule has 4 N–H and O–H groups in total. The number of aryl methyl sites for hydroxylation is 1. The van der Waals surface area contributed by atoms with Crippen LogP contribution in [0.2, 0.25) is 0 Å². The first kappa shape index (κ1) is 19.5. The van der Waals surface area contributed by atoms with Gasteiger partial charge in [-0.2, -0.15) is 0 Å². The summed E-state index contributed by atoms with van der Waals surface area (Å²) in [6.07, 6.45) is 1.86. The molecule has 0 aromatic heterocycles. The van der Waals surface area contributed by atoms with Crippen LogP contribution in [0.4, 0.5) is 5.69 Å². The Morgan fingerprint density at radius 3 is 2.25 bits per heavy atom. The summed E-state index contributed by atoms with van der Waals surface area (Å²) < 4.78 is 0. The van der Waals surface area contributed by atoms with E-state index in [0.717, 1.165) is 18.4 Å². The topological polar surface area (TPSA) is 99.3 Å². The Kier molecular flexibility index (Phi) is 6.00. The number of carbonyl (C=O) groups is 3. The van der Waals surface area contributed by atoms with Gasteiger partial charge in [0.2, 0.25) is 5.91 Å². The summed E-state index contributed by atoms with van der Waals surface area (Å²) >= 11 is 5.04. The zero-order valence-electron chi connectivity index (χ0n) is 15.2. The summed E-state index contributed by atoms with van der Waals surface area (Å²) in [5.74, 6) is -0.662. The third kappa shape index (κ3) is 5.14. The van der Waals surface area contributed by atoms with E-state index in [-0.39, 0.29) is 22.8 Å². The highest BCUT2D eigenvalue weighted by Crippen LogP contribution is 2.30. The van der Waals surface area contributed by atoms with E-state index in [9.17, 15) is 14.4 Å². The van der Waals surface area contributed by atoms with E-state index >= 15 is 0 Å². The van der Waals surface area contributed by atoms with Crippen molar-refractivity contribution >= 4 is 40.7 Å². The Balaban J connectivity index is 1.47. The zero-order valence-corrected chi connectivity index (χ0v) is 16.1. The van der Waals surface area contributed by atoms with Crippen molar-refractivity contribution < 1.29 is 14.4 Å². The molecule has 0 radical (unpaired) electrons. The maximum absolute atomic E-state index is 12.2. The average Bonchev–Trinajstić information content (AvgIpc) is 3.52. The predicted molar refractivity (Wildman–Crippen MR) is 110 cm³/mol. The molecule has 3 rings (SSSR count). The van der Waals surface area contributed by atoms with Crippen molar-refractivity contribution in [2.45, 2.75) is 19.8 Å². The van der Waals surface area contributed by atoms with Gasteiger partial charge >= 0.3 is 0 Å². The summed E-state index contributed by atoms with van der Waals surface area (Å²) in [7, 11) is 0. The quantitative estimate of drug-likeness (QED) is 0.469. The third-order valence-corrected chi connectivity index (χ3v) is 4.47. The van der Waals surface area contributed by atoms with E-state index in [4.69, 9.17) is 12.2 Å². The lowest BCUT2D eigenvalue weighted by molar-refractivity contribution is -0.117. The van der Waals surface area contributed by atoms with Gasteiger partial charge in [0, 0.05) is 22.7 Å². The van der Waals surface area contributed by atoms with Crippen molar-refractivity contribution in [2.24, 2.45) is 5.92 Å². The van der Waals surface area contributed by atoms with Gasteiger partial charge in [0.05, 0.1) is 0 Å². The van der Waals surface area contributed by atoms with Crippen molar-refractivity contribution in [3.8, 4) is 0 Å². The summed E-state index contributed by atoms with van der Waals surface area (Å²) in [6.45, 7) is 1.82. The molecule has 0 heterocycles. The van der Waals surface area contributed by atoms with E-state index in [1.165, 1.54) is 0 Å². The fraction of sp³-hybridized carbons (Fsp3) is 0.200. The van der Waals surface area contributed by atoms with Crippen molar-refractivity contribution in [3.05, 3.63) is 65.2 Å². The Morgan fingerprint density at radius 2 is 1.61 bits per heavy atom. The summed E-state index contributed by atoms with van der Waals surface area (Å²) in [6, 6.07) is 13.6. The molecule has 28 heavy (non-hydrogen) atoms. The van der Waals surface area contributed by atoms with Crippen molar-refractivity contribution in [3.63, 3.8) is 0 Å². The number of amides is 3. The average molecular weight is 396 g/mol. The number of anilines is 1. The van der Waals surface area contributed by atoms with Crippen LogP contribution in [0.15, 0.2) is 48.5 Å². The van der Waals surface area contributed by atoms with Crippen LogP contribution >= 0.6 is 12.2 Å². The second-order valence-corrected chi connectivity index (χ2v) is 6.93. The van der Waals surface area contributed by atoms with Crippen LogP contribution in [-0.2, 0) is 4.79 Å². The van der Waals surface area contributed by atoms with Gasteiger partial charge in [-0.1, -0.05) is 18.2 Å². The van der Waals surface area contributed by atoms with Gasteiger partial charge in [0.15, 0.2) is 5.11 Å². The molecule has 3 amide bonds. The molecule has 2 aromatic rings. The largest absolute Gasteiger partial charge is 0.326 e. The Bertz CT molecular complexity index is 923. The molecule has 7 nitrogen and oxygen atoms in total. The summed E-state index contributed by atoms with van der Waals surface area (Å²) in [4.78, 5) is 36.1. The van der Waals surface area contributed by atoms with Crippen LogP contribution in [0, 0.1) is 12.8 Å². The molecule has 2 aromatic carbocycles. The van der Waals surface area contributed by atoms with E-state index in [1.807, 2.05) is 19.1 Å². The monoisotopic (exact) mass is 396 g/mol. The van der Waals surface area contributed by atoms with Gasteiger partial charge < -0.3 is 5.32 Å². The maximum atomic E-state index is 12.2. The summed E-state index contributed by atoms with van der Waals surface area (Å²) in [5.41, 5.74) is 7.27. The molecule has 0 unspecified atom stereocenters. The van der Waals surface area contributed by atoms with Crippen LogP contribution in [-0.4, -0.2) is 22.8 Å². The highest BCUT2D eigenvalue weighted by atomic mass is 32.1. The first-order valence-electron chi connectivity index (χ1n) is 8.82. The lowest BCUT2D eigenvalue weighted by atomic mass is 10.1. The van der Waals surface area contributed by atoms with Gasteiger partial charge in [0.25, 0.3) is 11.8 Å². The highest BCUT2D eigenvalue weighted by Gasteiger charge is 2.29. The molecule has 0 atom stereocenters. The second kappa shape index (κ2) is 8.62. The number of hydrogen-bond acceptors (Lipinski definition) is 4. The van der Waals surface area contributed by atoms with Gasteiger partial charge in [-0.05, 0) is 67.9 Å². The van der Waals surface area contributed by atoms with Gasteiger partial charge in [-0.3, -0.25) is 30.6 Å². The third-order valence-electron chi connectivity index (χ3n) is 4.27. The lowest BCUT2D eigenvalue weighted by Gasteiger charge is -2.12. The Hall–Kier alpha value is -3.26. The molecule has 1 aliphatic rings. The number of thiocarbonyl (C=S) groups is 1. The van der Waals surface area contributed by atoms with Crippen LogP contribution in [0.5, 0.6) is 0 Å². The minimum Gasteiger partial charge on any atom is -0.326 e. The minimum absolute atomic E-state index is 0.00797. The number of rotatable bonds is 4. The molecule has 0 aliphatic heterocycles. The van der Waals surface area contributed by atoms with E-state index in [1.54, 1.807) is 36.4 Å². The highest BCUT2D eigenvalue weighted by molar-refractivity contribution is 7.80. The molecule has 1 fully saturated rings. The number of hydrogen-bond donors (Lipinski definition) is 4. The van der Waals surface area contributed by atoms with Crippen LogP contribution in [0.1, 0.15) is 39.1 Å². The molecule has 1 aliphatic carbocycles. The minimum atomic E-state index is -0.424. The van der Waals surface area contributed by atoms with Crippen LogP contribution in [0.25, 0.3) is 0 Å². The van der Waals surface area contributed by atoms with Crippen molar-refractivity contribution in [2.75, 3.05) is 5.32 Å². The molecular weight excluding hydrogens is 376 g/mol. The van der Waals surface area contributed by atoms with Gasteiger partial charge in [0.1, 0.15) is 0 Å². The van der Waals surface area contributed by atoms with Crippen molar-refractivity contribution in [1.29, 1.82) is 0 Å². The van der Waals surface area contributed by atoms with Gasteiger partial charge in [-0.15, -0.1) is 0 Å². The Labute approximate surface area is 167 Å². The SMILES string of the molecule is Cc1ccccc1C(=O)NC(=S)NNC(=O)c1ccc(NC(=O)C2CC2)cc1. The first-order chi connectivity index (χ1) is 13.4. The van der Waals surface area contributed by atoms with Crippen LogP contribution < -0.4 is 21.5 Å². The predicted octanol–water partition coefficient (Wildman–Crippen LogP) is 2.29. The fourth-order valence-corrected chi connectivity index (χ4v) is 2.65.